The Labute approximate surface area is 228 Å². The molecule has 2 aromatic rings. The summed E-state index contributed by atoms with van der Waals surface area (Å²) in [6, 6.07) is 6.27. The predicted octanol–water partition coefficient (Wildman–Crippen LogP) is 3.68. The fraction of sp³-hybridized carbons (Fsp3) is 0.538. The van der Waals surface area contributed by atoms with Gasteiger partial charge in [0.15, 0.2) is 0 Å². The van der Waals surface area contributed by atoms with Crippen molar-refractivity contribution < 1.29 is 35.9 Å². The highest BCUT2D eigenvalue weighted by atomic mass is 32.2. The number of aromatic nitrogens is 1. The van der Waals surface area contributed by atoms with E-state index in [1.54, 1.807) is 4.90 Å². The Morgan fingerprint density at radius 3 is 2.60 bits per heavy atom. The number of aliphatic hydroxyl groups is 1. The maximum Gasteiger partial charge on any atom is 0.274 e. The number of amides is 1. The summed E-state index contributed by atoms with van der Waals surface area (Å²) in [5.74, 6) is -4.39. The zero-order valence-corrected chi connectivity index (χ0v) is 22.3. The normalized spacial score (nSPS) is 25.5. The van der Waals surface area contributed by atoms with E-state index in [0.717, 1.165) is 0 Å². The van der Waals surface area contributed by atoms with Gasteiger partial charge in [0.05, 0.1) is 29.3 Å². The number of benzene rings is 1. The number of aliphatic hydroxyl groups excluding tert-OH is 1. The zero-order valence-electron chi connectivity index (χ0n) is 21.5. The second kappa shape index (κ2) is 10.4. The second-order valence-corrected chi connectivity index (χ2v) is 12.7. The summed E-state index contributed by atoms with van der Waals surface area (Å²) in [7, 11) is -3.88. The van der Waals surface area contributed by atoms with Crippen LogP contribution in [0.4, 0.5) is 34.6 Å². The second-order valence-electron chi connectivity index (χ2n) is 10.8. The SMILES string of the molecule is O=C(Nc1cccn([C@@H]2CCC(F)(F)C2)c1=O)c1ccc(NS(=O)(=O)CCO)cc1N1CC[C@]2(C(F)F)C[C@@H]2C1. The largest absolute Gasteiger partial charge is 0.395 e. The fourth-order valence-electron chi connectivity index (χ4n) is 5.89. The van der Waals surface area contributed by atoms with Crippen LogP contribution in [0.1, 0.15) is 48.5 Å². The van der Waals surface area contributed by atoms with Crippen molar-refractivity contribution in [3.05, 3.63) is 52.4 Å². The van der Waals surface area contributed by atoms with Gasteiger partial charge < -0.3 is 19.9 Å². The topological polar surface area (TPSA) is 121 Å². The number of carbonyl (C=O) groups excluding carboxylic acids is 1. The number of pyridine rings is 1. The summed E-state index contributed by atoms with van der Waals surface area (Å²) in [4.78, 5) is 28.2. The van der Waals surface area contributed by atoms with E-state index in [2.05, 4.69) is 10.0 Å². The van der Waals surface area contributed by atoms with Gasteiger partial charge in [0.2, 0.25) is 22.4 Å². The third-order valence-electron chi connectivity index (χ3n) is 8.21. The van der Waals surface area contributed by atoms with Crippen LogP contribution in [0.25, 0.3) is 0 Å². The average molecular weight is 587 g/mol. The summed E-state index contributed by atoms with van der Waals surface area (Å²) in [5, 5.41) is 11.6. The van der Waals surface area contributed by atoms with Gasteiger partial charge in [0.1, 0.15) is 5.69 Å². The Hall–Kier alpha value is -3.13. The van der Waals surface area contributed by atoms with Crippen molar-refractivity contribution in [2.75, 3.05) is 40.4 Å². The molecule has 0 bridgehead atoms. The van der Waals surface area contributed by atoms with Crippen LogP contribution in [-0.2, 0) is 10.0 Å². The Balaban J connectivity index is 1.43. The molecule has 5 rings (SSSR count). The average Bonchev–Trinajstić information content (AvgIpc) is 3.53. The first kappa shape index (κ1) is 28.4. The van der Waals surface area contributed by atoms with Gasteiger partial charge in [-0.2, -0.15) is 0 Å². The maximum atomic E-state index is 13.8. The van der Waals surface area contributed by atoms with E-state index < -0.39 is 64.1 Å². The quantitative estimate of drug-likeness (QED) is 0.386. The number of halogens is 4. The van der Waals surface area contributed by atoms with Crippen LogP contribution in [0.5, 0.6) is 0 Å². The smallest absolute Gasteiger partial charge is 0.274 e. The minimum absolute atomic E-state index is 0.0810. The van der Waals surface area contributed by atoms with Crippen molar-refractivity contribution in [2.45, 2.75) is 50.5 Å². The maximum absolute atomic E-state index is 13.8. The molecular formula is C26H30F4N4O5S. The number of carbonyl (C=O) groups is 1. The molecule has 0 unspecified atom stereocenters. The first-order valence-corrected chi connectivity index (χ1v) is 14.7. The lowest BCUT2D eigenvalue weighted by Gasteiger charge is -2.34. The van der Waals surface area contributed by atoms with Crippen LogP contribution in [-0.4, -0.2) is 61.8 Å². The van der Waals surface area contributed by atoms with E-state index in [9.17, 15) is 35.6 Å². The van der Waals surface area contributed by atoms with Gasteiger partial charge in [-0.15, -0.1) is 0 Å². The van der Waals surface area contributed by atoms with Gasteiger partial charge in [0.25, 0.3) is 11.5 Å². The summed E-state index contributed by atoms with van der Waals surface area (Å²) in [6.07, 6.45) is -1.18. The lowest BCUT2D eigenvalue weighted by atomic mass is 9.95. The highest BCUT2D eigenvalue weighted by Crippen LogP contribution is 2.61. The molecule has 2 saturated carbocycles. The summed E-state index contributed by atoms with van der Waals surface area (Å²) in [5.41, 5.74) is -1.29. The van der Waals surface area contributed by atoms with Crippen molar-refractivity contribution in [3.8, 4) is 0 Å². The number of hydrogen-bond acceptors (Lipinski definition) is 6. The molecule has 3 N–H and O–H groups in total. The van der Waals surface area contributed by atoms with Gasteiger partial charge in [-0.3, -0.25) is 14.3 Å². The van der Waals surface area contributed by atoms with Crippen LogP contribution >= 0.6 is 0 Å². The van der Waals surface area contributed by atoms with E-state index in [1.807, 2.05) is 0 Å². The van der Waals surface area contributed by atoms with Gasteiger partial charge >= 0.3 is 0 Å². The molecule has 2 heterocycles. The monoisotopic (exact) mass is 586 g/mol. The Kier molecular flexibility index (Phi) is 7.36. The molecule has 218 valence electrons. The Morgan fingerprint density at radius 1 is 1.18 bits per heavy atom. The highest BCUT2D eigenvalue weighted by Gasteiger charge is 2.62. The molecule has 9 nitrogen and oxygen atoms in total. The number of anilines is 3. The molecule has 0 radical (unpaired) electrons. The minimum Gasteiger partial charge on any atom is -0.395 e. The summed E-state index contributed by atoms with van der Waals surface area (Å²) >= 11 is 0. The number of alkyl halides is 4. The first-order valence-electron chi connectivity index (χ1n) is 13.0. The van der Waals surface area contributed by atoms with Crippen molar-refractivity contribution in [2.24, 2.45) is 11.3 Å². The van der Waals surface area contributed by atoms with Gasteiger partial charge in [-0.25, -0.2) is 26.0 Å². The molecule has 2 aliphatic carbocycles. The molecule has 1 amide bonds. The standard InChI is InChI=1S/C26H30F4N4O5S/c27-24(28)25-7-9-33(15-16(25)13-25)21-12-17(32-40(38,39)11-10-35)3-4-19(21)22(36)31-20-2-1-8-34(23(20)37)18-5-6-26(29,30)14-18/h1-4,8,12,16,18,24,32,35H,5-7,9-11,13-15H2,(H,31,36)/t16-,18-,25+/m1/s1. The van der Waals surface area contributed by atoms with E-state index in [-0.39, 0.29) is 55.2 Å². The number of hydrogen-bond donors (Lipinski definition) is 3. The third-order valence-corrected chi connectivity index (χ3v) is 9.48. The molecule has 1 aromatic carbocycles. The summed E-state index contributed by atoms with van der Waals surface area (Å²) in [6.45, 7) is -0.146. The third kappa shape index (κ3) is 5.55. The number of nitrogens with zero attached hydrogens (tertiary/aromatic N) is 2. The number of sulfonamides is 1. The predicted molar refractivity (Wildman–Crippen MR) is 141 cm³/mol. The molecule has 40 heavy (non-hydrogen) atoms. The molecule has 3 atom stereocenters. The fourth-order valence-corrected chi connectivity index (χ4v) is 6.72. The Bertz CT molecular complexity index is 1470. The molecule has 1 saturated heterocycles. The first-order chi connectivity index (χ1) is 18.8. The molecule has 0 spiro atoms. The Morgan fingerprint density at radius 2 is 1.95 bits per heavy atom. The van der Waals surface area contributed by atoms with Crippen LogP contribution in [0.3, 0.4) is 0 Å². The summed E-state index contributed by atoms with van der Waals surface area (Å²) < 4.78 is 82.7. The van der Waals surface area contributed by atoms with Gasteiger partial charge in [-0.05, 0) is 55.5 Å². The minimum atomic E-state index is -3.88. The molecule has 1 aromatic heterocycles. The van der Waals surface area contributed by atoms with E-state index in [0.29, 0.717) is 12.1 Å². The van der Waals surface area contributed by atoms with Crippen molar-refractivity contribution in [1.29, 1.82) is 0 Å². The van der Waals surface area contributed by atoms with E-state index in [4.69, 9.17) is 5.11 Å². The number of fused-ring (bicyclic) bond motifs is 1. The number of rotatable bonds is 9. The highest BCUT2D eigenvalue weighted by molar-refractivity contribution is 7.92. The van der Waals surface area contributed by atoms with Crippen molar-refractivity contribution in [1.82, 2.24) is 4.57 Å². The molecule has 3 fully saturated rings. The number of nitrogens with one attached hydrogen (secondary N) is 2. The molecular weight excluding hydrogens is 556 g/mol. The van der Waals surface area contributed by atoms with Crippen LogP contribution < -0.4 is 20.5 Å². The lowest BCUT2D eigenvalue weighted by Crippen LogP contribution is -2.38. The van der Waals surface area contributed by atoms with Gasteiger partial charge in [-0.1, -0.05) is 0 Å². The van der Waals surface area contributed by atoms with Crippen molar-refractivity contribution in [3.63, 3.8) is 0 Å². The number of piperidine rings is 1. The van der Waals surface area contributed by atoms with Crippen LogP contribution in [0, 0.1) is 11.3 Å². The van der Waals surface area contributed by atoms with Gasteiger partial charge in [0, 0.05) is 43.6 Å². The molecule has 14 heteroatoms. The molecule has 1 aliphatic heterocycles. The van der Waals surface area contributed by atoms with Crippen molar-refractivity contribution >= 4 is 33.0 Å². The van der Waals surface area contributed by atoms with Crippen LogP contribution in [0.2, 0.25) is 0 Å². The molecule has 3 aliphatic rings. The lowest BCUT2D eigenvalue weighted by molar-refractivity contribution is 0.00550. The van der Waals surface area contributed by atoms with E-state index >= 15 is 0 Å². The van der Waals surface area contributed by atoms with E-state index in [1.165, 1.54) is 41.1 Å². The zero-order chi connectivity index (χ0) is 28.9. The van der Waals surface area contributed by atoms with Crippen LogP contribution in [0.15, 0.2) is 41.3 Å².